The van der Waals surface area contributed by atoms with Crippen molar-refractivity contribution in [2.24, 2.45) is 0 Å². The first-order chi connectivity index (χ1) is 11.5. The summed E-state index contributed by atoms with van der Waals surface area (Å²) in [6.07, 6.45) is -0.0696. The molecule has 0 fully saturated rings. The van der Waals surface area contributed by atoms with Gasteiger partial charge in [-0.2, -0.15) is 0 Å². The highest BCUT2D eigenvalue weighted by Gasteiger charge is 2.11. The van der Waals surface area contributed by atoms with Crippen molar-refractivity contribution in [2.75, 3.05) is 11.9 Å². The van der Waals surface area contributed by atoms with Crippen molar-refractivity contribution in [3.05, 3.63) is 64.7 Å². The van der Waals surface area contributed by atoms with Crippen LogP contribution in [0, 0.1) is 11.6 Å². The van der Waals surface area contributed by atoms with Gasteiger partial charge in [0.25, 0.3) is 0 Å². The lowest BCUT2D eigenvalue weighted by atomic mass is 10.1. The maximum atomic E-state index is 13.4. The summed E-state index contributed by atoms with van der Waals surface area (Å²) in [7, 11) is 0. The highest BCUT2D eigenvalue weighted by Crippen LogP contribution is 2.19. The number of hydrogen-bond donors (Lipinski definition) is 2. The number of carbonyl (C=O) groups excluding carboxylic acids is 2. The molecule has 0 heterocycles. The van der Waals surface area contributed by atoms with E-state index in [4.69, 9.17) is 11.6 Å². The van der Waals surface area contributed by atoms with E-state index in [2.05, 4.69) is 10.6 Å². The molecule has 0 saturated heterocycles. The van der Waals surface area contributed by atoms with Gasteiger partial charge in [0.05, 0.1) is 5.02 Å². The van der Waals surface area contributed by atoms with E-state index in [1.807, 2.05) is 0 Å². The molecule has 0 bridgehead atoms. The number of rotatable bonds is 6. The highest BCUT2D eigenvalue weighted by atomic mass is 35.5. The molecule has 0 aliphatic heterocycles. The van der Waals surface area contributed by atoms with Crippen LogP contribution >= 0.6 is 11.6 Å². The van der Waals surface area contributed by atoms with Gasteiger partial charge in [-0.15, -0.1) is 0 Å². The molecule has 0 radical (unpaired) electrons. The van der Waals surface area contributed by atoms with Gasteiger partial charge in [0.2, 0.25) is 11.8 Å². The molecule has 0 aliphatic rings. The Bertz CT molecular complexity index is 753. The first-order valence-corrected chi connectivity index (χ1v) is 7.58. The van der Waals surface area contributed by atoms with Crippen LogP contribution in [-0.4, -0.2) is 18.4 Å². The fourth-order valence-corrected chi connectivity index (χ4v) is 2.21. The minimum atomic E-state index is -0.597. The van der Waals surface area contributed by atoms with Crippen LogP contribution in [0.25, 0.3) is 0 Å². The second-order valence-electron chi connectivity index (χ2n) is 5.05. The largest absolute Gasteiger partial charge is 0.355 e. The Kier molecular flexibility index (Phi) is 6.26. The molecule has 0 unspecified atom stereocenters. The van der Waals surface area contributed by atoms with Crippen molar-refractivity contribution in [1.29, 1.82) is 0 Å². The zero-order chi connectivity index (χ0) is 17.5. The lowest BCUT2D eigenvalue weighted by Crippen LogP contribution is -2.29. The average Bonchev–Trinajstić information content (AvgIpc) is 2.52. The lowest BCUT2D eigenvalue weighted by Gasteiger charge is -2.08. The Hall–Kier alpha value is -2.47. The van der Waals surface area contributed by atoms with E-state index < -0.39 is 24.1 Å². The third-order valence-electron chi connectivity index (χ3n) is 3.20. The number of carbonyl (C=O) groups is 2. The second kappa shape index (κ2) is 8.40. The van der Waals surface area contributed by atoms with Crippen LogP contribution in [-0.2, 0) is 16.0 Å². The van der Waals surface area contributed by atoms with Crippen molar-refractivity contribution < 1.29 is 18.4 Å². The molecule has 7 heteroatoms. The van der Waals surface area contributed by atoms with Crippen LogP contribution in [0.2, 0.25) is 5.02 Å². The van der Waals surface area contributed by atoms with E-state index in [-0.39, 0.29) is 17.4 Å². The Labute approximate surface area is 142 Å². The summed E-state index contributed by atoms with van der Waals surface area (Å²) in [5.74, 6) is -1.98. The quantitative estimate of drug-likeness (QED) is 0.784. The summed E-state index contributed by atoms with van der Waals surface area (Å²) >= 11 is 5.61. The van der Waals surface area contributed by atoms with Crippen LogP contribution < -0.4 is 10.6 Å². The highest BCUT2D eigenvalue weighted by molar-refractivity contribution is 6.31. The number of hydrogen-bond acceptors (Lipinski definition) is 2. The third-order valence-corrected chi connectivity index (χ3v) is 3.49. The molecule has 2 rings (SSSR count). The normalized spacial score (nSPS) is 10.3. The minimum absolute atomic E-state index is 0.123. The molecule has 0 spiro atoms. The van der Waals surface area contributed by atoms with Crippen LogP contribution in [0.5, 0.6) is 0 Å². The van der Waals surface area contributed by atoms with E-state index in [0.717, 1.165) is 6.07 Å². The van der Waals surface area contributed by atoms with Crippen LogP contribution in [0.4, 0.5) is 14.5 Å². The van der Waals surface area contributed by atoms with Crippen molar-refractivity contribution in [3.63, 3.8) is 0 Å². The predicted molar refractivity (Wildman–Crippen MR) is 87.8 cm³/mol. The summed E-state index contributed by atoms with van der Waals surface area (Å²) in [4.78, 5) is 23.4. The summed E-state index contributed by atoms with van der Waals surface area (Å²) in [5.41, 5.74) is 0.786. The molecular weight excluding hydrogens is 338 g/mol. The first-order valence-electron chi connectivity index (χ1n) is 7.20. The number of halogens is 3. The van der Waals surface area contributed by atoms with Gasteiger partial charge in [-0.3, -0.25) is 9.59 Å². The van der Waals surface area contributed by atoms with Crippen molar-refractivity contribution in [2.45, 2.75) is 12.8 Å². The summed E-state index contributed by atoms with van der Waals surface area (Å²) < 4.78 is 26.4. The molecule has 24 heavy (non-hydrogen) atoms. The number of anilines is 1. The summed E-state index contributed by atoms with van der Waals surface area (Å²) in [6, 6.07) is 9.99. The fraction of sp³-hybridized carbons (Fsp3) is 0.176. The van der Waals surface area contributed by atoms with E-state index >= 15 is 0 Å². The van der Waals surface area contributed by atoms with Gasteiger partial charge in [0, 0.05) is 12.2 Å². The topological polar surface area (TPSA) is 58.2 Å². The van der Waals surface area contributed by atoms with Gasteiger partial charge in [-0.05, 0) is 36.2 Å². The van der Waals surface area contributed by atoms with Crippen molar-refractivity contribution in [1.82, 2.24) is 5.32 Å². The molecule has 0 saturated carbocycles. The standard InChI is InChI=1S/C17H15ClF2N2O2/c18-13-9-12(5-6-15(13)20)22-17(24)10-16(23)21-8-7-11-3-1-2-4-14(11)19/h1-6,9H,7-8,10H2,(H,21,23)(H,22,24). The predicted octanol–water partition coefficient (Wildman–Crippen LogP) is 3.31. The molecule has 126 valence electrons. The van der Waals surface area contributed by atoms with E-state index in [1.165, 1.54) is 18.2 Å². The average molecular weight is 353 g/mol. The van der Waals surface area contributed by atoms with Gasteiger partial charge in [0.15, 0.2) is 0 Å². The Morgan fingerprint density at radius 2 is 1.75 bits per heavy atom. The minimum Gasteiger partial charge on any atom is -0.355 e. The Balaban J connectivity index is 1.76. The zero-order valence-corrected chi connectivity index (χ0v) is 13.4. The van der Waals surface area contributed by atoms with Crippen LogP contribution in [0.3, 0.4) is 0 Å². The number of amides is 2. The number of benzene rings is 2. The molecule has 4 nitrogen and oxygen atoms in total. The molecule has 0 atom stereocenters. The summed E-state index contributed by atoms with van der Waals surface area (Å²) in [6.45, 7) is 0.218. The van der Waals surface area contributed by atoms with Gasteiger partial charge in [-0.1, -0.05) is 29.8 Å². The van der Waals surface area contributed by atoms with Crippen molar-refractivity contribution >= 4 is 29.1 Å². The summed E-state index contributed by atoms with van der Waals surface area (Å²) in [5, 5.41) is 4.87. The van der Waals surface area contributed by atoms with E-state index in [9.17, 15) is 18.4 Å². The van der Waals surface area contributed by atoms with Gasteiger partial charge in [-0.25, -0.2) is 8.78 Å². The maximum Gasteiger partial charge on any atom is 0.233 e. The molecule has 2 aromatic rings. The Morgan fingerprint density at radius 3 is 2.46 bits per heavy atom. The first kappa shape index (κ1) is 17.9. The van der Waals surface area contributed by atoms with Gasteiger partial charge < -0.3 is 10.6 Å². The van der Waals surface area contributed by atoms with Crippen LogP contribution in [0.1, 0.15) is 12.0 Å². The monoisotopic (exact) mass is 352 g/mol. The van der Waals surface area contributed by atoms with Crippen molar-refractivity contribution in [3.8, 4) is 0 Å². The smallest absolute Gasteiger partial charge is 0.233 e. The SMILES string of the molecule is O=C(CC(=O)Nc1ccc(F)c(Cl)c1)NCCc1ccccc1F. The fourth-order valence-electron chi connectivity index (χ4n) is 2.03. The molecular formula is C17H15ClF2N2O2. The molecule has 0 aromatic heterocycles. The van der Waals surface area contributed by atoms with Crippen LogP contribution in [0.15, 0.2) is 42.5 Å². The third kappa shape index (κ3) is 5.31. The molecule has 2 amide bonds. The molecule has 0 aliphatic carbocycles. The molecule has 2 aromatic carbocycles. The zero-order valence-electron chi connectivity index (χ0n) is 12.6. The Morgan fingerprint density at radius 1 is 1.00 bits per heavy atom. The van der Waals surface area contributed by atoms with Gasteiger partial charge in [0.1, 0.15) is 18.1 Å². The number of nitrogens with one attached hydrogen (secondary N) is 2. The van der Waals surface area contributed by atoms with E-state index in [1.54, 1.807) is 18.2 Å². The maximum absolute atomic E-state index is 13.4. The van der Waals surface area contributed by atoms with Gasteiger partial charge >= 0.3 is 0 Å². The lowest BCUT2D eigenvalue weighted by molar-refractivity contribution is -0.126. The molecule has 2 N–H and O–H groups in total. The second-order valence-corrected chi connectivity index (χ2v) is 5.45. The van der Waals surface area contributed by atoms with E-state index in [0.29, 0.717) is 17.7 Å².